The third-order valence-electron chi connectivity index (χ3n) is 6.08. The average molecular weight is 329 g/mol. The van der Waals surface area contributed by atoms with E-state index in [0.29, 0.717) is 5.92 Å². The van der Waals surface area contributed by atoms with Gasteiger partial charge in [-0.25, -0.2) is 9.97 Å². The Kier molecular flexibility index (Phi) is 4.39. The molecular formula is C18H27N5O. The number of hydrogen-bond acceptors (Lipinski definition) is 5. The maximum Gasteiger partial charge on any atom is 0.228 e. The minimum atomic E-state index is -0.163. The van der Waals surface area contributed by atoms with E-state index in [1.165, 1.54) is 19.3 Å². The zero-order chi connectivity index (χ0) is 16.4. The predicted molar refractivity (Wildman–Crippen MR) is 92.7 cm³/mol. The summed E-state index contributed by atoms with van der Waals surface area (Å²) in [4.78, 5) is 24.0. The topological polar surface area (TPSA) is 70.2 Å². The first-order valence-corrected chi connectivity index (χ1v) is 9.32. The molecule has 1 saturated carbocycles. The van der Waals surface area contributed by atoms with Crippen molar-refractivity contribution in [3.05, 3.63) is 18.5 Å². The minimum Gasteiger partial charge on any atom is -0.351 e. The Morgan fingerprint density at radius 3 is 3.00 bits per heavy atom. The summed E-state index contributed by atoms with van der Waals surface area (Å²) in [5.74, 6) is 1.56. The molecule has 1 unspecified atom stereocenters. The molecule has 1 aliphatic carbocycles. The Labute approximate surface area is 143 Å². The van der Waals surface area contributed by atoms with Crippen LogP contribution in [-0.4, -0.2) is 48.1 Å². The molecular weight excluding hydrogens is 302 g/mol. The molecule has 6 heteroatoms. The summed E-state index contributed by atoms with van der Waals surface area (Å²) in [7, 11) is 0. The molecule has 1 aromatic rings. The molecule has 0 spiro atoms. The summed E-state index contributed by atoms with van der Waals surface area (Å²) in [6.07, 6.45) is 10.3. The quantitative estimate of drug-likeness (QED) is 0.876. The van der Waals surface area contributed by atoms with Gasteiger partial charge in [0, 0.05) is 38.1 Å². The number of anilines is 1. The van der Waals surface area contributed by atoms with Gasteiger partial charge in [0.25, 0.3) is 0 Å². The SMILES string of the molecule is O=C(NC1CCCN(c2ncccn2)C1)[C@@]12CCCC[C@H]1CNC2. The molecule has 3 fully saturated rings. The molecule has 1 aromatic heterocycles. The van der Waals surface area contributed by atoms with Gasteiger partial charge in [0.15, 0.2) is 0 Å². The van der Waals surface area contributed by atoms with Gasteiger partial charge in [-0.2, -0.15) is 0 Å². The summed E-state index contributed by atoms with van der Waals surface area (Å²) in [6, 6.07) is 2.04. The van der Waals surface area contributed by atoms with Crippen LogP contribution in [0.2, 0.25) is 0 Å². The molecule has 4 rings (SSSR count). The van der Waals surface area contributed by atoms with Crippen LogP contribution in [0, 0.1) is 11.3 Å². The lowest BCUT2D eigenvalue weighted by Crippen LogP contribution is -2.55. The average Bonchev–Trinajstić information content (AvgIpc) is 3.08. The zero-order valence-electron chi connectivity index (χ0n) is 14.2. The summed E-state index contributed by atoms with van der Waals surface area (Å²) in [6.45, 7) is 3.62. The molecule has 1 amide bonds. The molecule has 2 N–H and O–H groups in total. The first-order valence-electron chi connectivity index (χ1n) is 9.32. The van der Waals surface area contributed by atoms with Gasteiger partial charge in [-0.1, -0.05) is 12.8 Å². The summed E-state index contributed by atoms with van der Waals surface area (Å²) in [5, 5.41) is 6.84. The second kappa shape index (κ2) is 6.67. The second-order valence-electron chi connectivity index (χ2n) is 7.54. The predicted octanol–water partition coefficient (Wildman–Crippen LogP) is 1.34. The summed E-state index contributed by atoms with van der Waals surface area (Å²) < 4.78 is 0. The fourth-order valence-electron chi connectivity index (χ4n) is 4.75. The molecule has 6 nitrogen and oxygen atoms in total. The number of hydrogen-bond donors (Lipinski definition) is 2. The van der Waals surface area contributed by atoms with Crippen molar-refractivity contribution in [3.8, 4) is 0 Å². The van der Waals surface area contributed by atoms with Crippen LogP contribution >= 0.6 is 0 Å². The van der Waals surface area contributed by atoms with Crippen LogP contribution < -0.4 is 15.5 Å². The van der Waals surface area contributed by atoms with Gasteiger partial charge in [0.05, 0.1) is 5.41 Å². The Balaban J connectivity index is 1.42. The fourth-order valence-corrected chi connectivity index (χ4v) is 4.75. The van der Waals surface area contributed by atoms with Crippen LogP contribution in [0.15, 0.2) is 18.5 Å². The highest BCUT2D eigenvalue weighted by Gasteiger charge is 2.50. The molecule has 3 atom stereocenters. The van der Waals surface area contributed by atoms with E-state index in [2.05, 4.69) is 25.5 Å². The maximum atomic E-state index is 13.1. The number of nitrogens with zero attached hydrogens (tertiary/aromatic N) is 3. The van der Waals surface area contributed by atoms with E-state index < -0.39 is 0 Å². The standard InChI is InChI=1S/C18H27N5O/c24-16(18-7-2-1-5-14(18)11-19-13-18)22-15-6-3-10-23(12-15)17-20-8-4-9-21-17/h4,8-9,14-15,19H,1-3,5-7,10-13H2,(H,22,24)/t14-,15?,18+/m0/s1. The molecule has 2 aliphatic heterocycles. The Morgan fingerprint density at radius 2 is 2.12 bits per heavy atom. The molecule has 0 bridgehead atoms. The van der Waals surface area contributed by atoms with Crippen molar-refractivity contribution >= 4 is 11.9 Å². The van der Waals surface area contributed by atoms with Crippen LogP contribution in [0.25, 0.3) is 0 Å². The van der Waals surface area contributed by atoms with Crippen molar-refractivity contribution in [2.24, 2.45) is 11.3 Å². The Morgan fingerprint density at radius 1 is 1.25 bits per heavy atom. The molecule has 3 heterocycles. The molecule has 2 saturated heterocycles. The van der Waals surface area contributed by atoms with Crippen LogP contribution in [0.1, 0.15) is 38.5 Å². The number of fused-ring (bicyclic) bond motifs is 1. The van der Waals surface area contributed by atoms with Crippen LogP contribution in [0.5, 0.6) is 0 Å². The van der Waals surface area contributed by atoms with Gasteiger partial charge >= 0.3 is 0 Å². The number of piperidine rings is 1. The lowest BCUT2D eigenvalue weighted by molar-refractivity contribution is -0.134. The van der Waals surface area contributed by atoms with Gasteiger partial charge in [0.2, 0.25) is 11.9 Å². The maximum absolute atomic E-state index is 13.1. The van der Waals surface area contributed by atoms with E-state index >= 15 is 0 Å². The first-order chi connectivity index (χ1) is 11.8. The third-order valence-corrected chi connectivity index (χ3v) is 6.08. The van der Waals surface area contributed by atoms with E-state index in [9.17, 15) is 4.79 Å². The smallest absolute Gasteiger partial charge is 0.228 e. The van der Waals surface area contributed by atoms with E-state index in [1.54, 1.807) is 12.4 Å². The number of aromatic nitrogens is 2. The number of amides is 1. The van der Waals surface area contributed by atoms with Crippen LogP contribution in [0.4, 0.5) is 5.95 Å². The van der Waals surface area contributed by atoms with E-state index in [4.69, 9.17) is 0 Å². The molecule has 130 valence electrons. The van der Waals surface area contributed by atoms with Gasteiger partial charge < -0.3 is 15.5 Å². The van der Waals surface area contributed by atoms with E-state index in [1.807, 2.05) is 6.07 Å². The molecule has 24 heavy (non-hydrogen) atoms. The van der Waals surface area contributed by atoms with E-state index in [0.717, 1.165) is 51.4 Å². The van der Waals surface area contributed by atoms with Crippen molar-refractivity contribution in [1.82, 2.24) is 20.6 Å². The van der Waals surface area contributed by atoms with Crippen molar-refractivity contribution in [2.75, 3.05) is 31.1 Å². The minimum absolute atomic E-state index is 0.163. The van der Waals surface area contributed by atoms with Gasteiger partial charge in [-0.05, 0) is 44.2 Å². The largest absolute Gasteiger partial charge is 0.351 e. The van der Waals surface area contributed by atoms with Crippen LogP contribution in [0.3, 0.4) is 0 Å². The first kappa shape index (κ1) is 15.8. The van der Waals surface area contributed by atoms with Crippen molar-refractivity contribution < 1.29 is 4.79 Å². The van der Waals surface area contributed by atoms with Crippen LogP contribution in [-0.2, 0) is 4.79 Å². The highest BCUT2D eigenvalue weighted by molar-refractivity contribution is 5.84. The number of rotatable bonds is 3. The fraction of sp³-hybridized carbons (Fsp3) is 0.722. The number of nitrogens with one attached hydrogen (secondary N) is 2. The highest BCUT2D eigenvalue weighted by Crippen LogP contribution is 2.44. The number of carbonyl (C=O) groups excluding carboxylic acids is 1. The summed E-state index contributed by atoms with van der Waals surface area (Å²) >= 11 is 0. The lowest BCUT2D eigenvalue weighted by Gasteiger charge is -2.40. The van der Waals surface area contributed by atoms with Gasteiger partial charge in [-0.15, -0.1) is 0 Å². The second-order valence-corrected chi connectivity index (χ2v) is 7.54. The highest BCUT2D eigenvalue weighted by atomic mass is 16.2. The van der Waals surface area contributed by atoms with Crippen molar-refractivity contribution in [2.45, 2.75) is 44.6 Å². The summed E-state index contributed by atoms with van der Waals surface area (Å²) in [5.41, 5.74) is -0.163. The lowest BCUT2D eigenvalue weighted by atomic mass is 9.67. The normalized spacial score (nSPS) is 33.1. The monoisotopic (exact) mass is 329 g/mol. The molecule has 0 aromatic carbocycles. The van der Waals surface area contributed by atoms with Gasteiger partial charge in [0.1, 0.15) is 0 Å². The van der Waals surface area contributed by atoms with Crippen molar-refractivity contribution in [1.29, 1.82) is 0 Å². The molecule has 3 aliphatic rings. The van der Waals surface area contributed by atoms with Gasteiger partial charge in [-0.3, -0.25) is 4.79 Å². The Bertz CT molecular complexity index is 580. The Hall–Kier alpha value is -1.69. The third kappa shape index (κ3) is 2.88. The van der Waals surface area contributed by atoms with E-state index in [-0.39, 0.29) is 17.4 Å². The molecule has 0 radical (unpaired) electrons. The zero-order valence-corrected chi connectivity index (χ0v) is 14.2. The number of carbonyl (C=O) groups is 1. The van der Waals surface area contributed by atoms with Crippen molar-refractivity contribution in [3.63, 3.8) is 0 Å².